The largest absolute Gasteiger partial charge is 0.378 e. The molecule has 1 fully saturated rings. The second kappa shape index (κ2) is 7.11. The van der Waals surface area contributed by atoms with Crippen molar-refractivity contribution in [2.24, 2.45) is 4.40 Å². The van der Waals surface area contributed by atoms with Gasteiger partial charge in [0, 0.05) is 18.7 Å². The van der Waals surface area contributed by atoms with Crippen molar-refractivity contribution in [3.8, 4) is 0 Å². The first-order valence-electron chi connectivity index (χ1n) is 7.55. The number of hydrogen-bond donors (Lipinski definition) is 0. The Morgan fingerprint density at radius 2 is 1.62 bits per heavy atom. The van der Waals surface area contributed by atoms with E-state index in [4.69, 9.17) is 4.74 Å². The molecule has 0 saturated carbocycles. The fourth-order valence-electron chi connectivity index (χ4n) is 2.43. The summed E-state index contributed by atoms with van der Waals surface area (Å²) in [7, 11) is -3.86. The minimum absolute atomic E-state index is 0.123. The van der Waals surface area contributed by atoms with Crippen molar-refractivity contribution in [1.29, 1.82) is 0 Å². The Bertz CT molecular complexity index is 815. The molecule has 24 heavy (non-hydrogen) atoms. The molecule has 0 amide bonds. The molecule has 1 saturated heterocycles. The molecule has 1 aliphatic heterocycles. The van der Waals surface area contributed by atoms with Gasteiger partial charge in [0.2, 0.25) is 0 Å². The first-order chi connectivity index (χ1) is 11.6. The van der Waals surface area contributed by atoms with Crippen LogP contribution in [0, 0.1) is 5.82 Å². The number of halogens is 1. The standard InChI is InChI=1S/C17H17FN2O3S/c18-15-8-6-14(7-9-15)17(20-10-12-23-13-11-20)19-24(21,22)16-4-2-1-3-5-16/h1-9H,10-13H2/b19-17+. The van der Waals surface area contributed by atoms with Crippen molar-refractivity contribution in [3.63, 3.8) is 0 Å². The van der Waals surface area contributed by atoms with Gasteiger partial charge in [0.25, 0.3) is 10.0 Å². The number of benzene rings is 2. The number of ether oxygens (including phenoxy) is 1. The maximum absolute atomic E-state index is 13.2. The van der Waals surface area contributed by atoms with Crippen LogP contribution in [0.1, 0.15) is 5.56 Å². The Morgan fingerprint density at radius 1 is 1.00 bits per heavy atom. The Hall–Kier alpha value is -2.25. The molecule has 2 aromatic rings. The summed E-state index contributed by atoms with van der Waals surface area (Å²) in [5, 5.41) is 0. The SMILES string of the molecule is O=S(=O)(/N=C(\c1ccc(F)cc1)N1CCOCC1)c1ccccc1. The lowest BCUT2D eigenvalue weighted by Gasteiger charge is -2.29. The zero-order chi connectivity index (χ0) is 17.0. The van der Waals surface area contributed by atoms with E-state index < -0.39 is 10.0 Å². The van der Waals surface area contributed by atoms with Gasteiger partial charge < -0.3 is 9.64 Å². The van der Waals surface area contributed by atoms with Gasteiger partial charge in [-0.2, -0.15) is 8.42 Å². The summed E-state index contributed by atoms with van der Waals surface area (Å²) < 4.78 is 47.8. The zero-order valence-corrected chi connectivity index (χ0v) is 13.7. The summed E-state index contributed by atoms with van der Waals surface area (Å²) in [6.07, 6.45) is 0. The van der Waals surface area contributed by atoms with Gasteiger partial charge in [-0.05, 0) is 36.4 Å². The van der Waals surface area contributed by atoms with Gasteiger partial charge in [-0.3, -0.25) is 0 Å². The lowest BCUT2D eigenvalue weighted by atomic mass is 10.2. The molecule has 1 heterocycles. The molecule has 126 valence electrons. The van der Waals surface area contributed by atoms with Gasteiger partial charge in [0.1, 0.15) is 11.7 Å². The number of rotatable bonds is 3. The normalized spacial score (nSPS) is 16.2. The molecule has 0 bridgehead atoms. The molecule has 0 N–H and O–H groups in total. The van der Waals surface area contributed by atoms with Crippen molar-refractivity contribution in [2.75, 3.05) is 26.3 Å². The van der Waals surface area contributed by atoms with Crippen molar-refractivity contribution in [2.45, 2.75) is 4.90 Å². The predicted molar refractivity (Wildman–Crippen MR) is 89.0 cm³/mol. The van der Waals surface area contributed by atoms with Crippen LogP contribution in [0.25, 0.3) is 0 Å². The molecule has 0 unspecified atom stereocenters. The van der Waals surface area contributed by atoms with Gasteiger partial charge in [-0.25, -0.2) is 4.39 Å². The Morgan fingerprint density at radius 3 is 2.25 bits per heavy atom. The minimum atomic E-state index is -3.86. The Kier molecular flexibility index (Phi) is 4.92. The molecule has 0 atom stereocenters. The molecule has 0 aliphatic carbocycles. The van der Waals surface area contributed by atoms with Crippen LogP contribution in [0.4, 0.5) is 4.39 Å². The van der Waals surface area contributed by atoms with Gasteiger partial charge in [0.15, 0.2) is 0 Å². The smallest absolute Gasteiger partial charge is 0.284 e. The van der Waals surface area contributed by atoms with Crippen LogP contribution in [0.15, 0.2) is 63.9 Å². The zero-order valence-electron chi connectivity index (χ0n) is 12.9. The van der Waals surface area contributed by atoms with Crippen LogP contribution in [0.5, 0.6) is 0 Å². The van der Waals surface area contributed by atoms with Crippen molar-refractivity contribution >= 4 is 15.9 Å². The Labute approximate surface area is 140 Å². The fraction of sp³-hybridized carbons (Fsp3) is 0.235. The van der Waals surface area contributed by atoms with E-state index in [9.17, 15) is 12.8 Å². The molecule has 0 aromatic heterocycles. The average Bonchev–Trinajstić information content (AvgIpc) is 2.62. The van der Waals surface area contributed by atoms with Crippen molar-refractivity contribution < 1.29 is 17.5 Å². The van der Waals surface area contributed by atoms with E-state index >= 15 is 0 Å². The highest BCUT2D eigenvalue weighted by atomic mass is 32.2. The molecule has 0 spiro atoms. The van der Waals surface area contributed by atoms with Crippen LogP contribution in [0.3, 0.4) is 0 Å². The lowest BCUT2D eigenvalue weighted by molar-refractivity contribution is 0.0683. The van der Waals surface area contributed by atoms with E-state index in [1.165, 1.54) is 36.4 Å². The molecule has 2 aromatic carbocycles. The minimum Gasteiger partial charge on any atom is -0.378 e. The summed E-state index contributed by atoms with van der Waals surface area (Å²) in [6.45, 7) is 2.04. The van der Waals surface area contributed by atoms with E-state index in [1.54, 1.807) is 18.2 Å². The van der Waals surface area contributed by atoms with Gasteiger partial charge in [-0.15, -0.1) is 4.40 Å². The van der Waals surface area contributed by atoms with Gasteiger partial charge in [0.05, 0.1) is 18.1 Å². The van der Waals surface area contributed by atoms with E-state index in [0.717, 1.165) is 0 Å². The molecule has 5 nitrogen and oxygen atoms in total. The number of hydrogen-bond acceptors (Lipinski definition) is 3. The van der Waals surface area contributed by atoms with E-state index in [-0.39, 0.29) is 10.7 Å². The lowest BCUT2D eigenvalue weighted by Crippen LogP contribution is -2.41. The molecular weight excluding hydrogens is 331 g/mol. The van der Waals surface area contributed by atoms with Crippen molar-refractivity contribution in [1.82, 2.24) is 4.90 Å². The second-order valence-corrected chi connectivity index (χ2v) is 6.91. The van der Waals surface area contributed by atoms with Crippen LogP contribution in [0.2, 0.25) is 0 Å². The molecule has 0 radical (unpaired) electrons. The van der Waals surface area contributed by atoms with E-state index in [2.05, 4.69) is 4.40 Å². The van der Waals surface area contributed by atoms with Crippen LogP contribution in [-0.4, -0.2) is 45.5 Å². The van der Waals surface area contributed by atoms with E-state index in [1.807, 2.05) is 4.90 Å². The van der Waals surface area contributed by atoms with Crippen LogP contribution >= 0.6 is 0 Å². The summed E-state index contributed by atoms with van der Waals surface area (Å²) in [5.41, 5.74) is 0.554. The maximum atomic E-state index is 13.2. The average molecular weight is 348 g/mol. The number of amidine groups is 1. The van der Waals surface area contributed by atoms with Crippen LogP contribution < -0.4 is 0 Å². The fourth-order valence-corrected chi connectivity index (χ4v) is 3.48. The quantitative estimate of drug-likeness (QED) is 0.631. The van der Waals surface area contributed by atoms with Gasteiger partial charge in [-0.1, -0.05) is 18.2 Å². The molecule has 1 aliphatic rings. The van der Waals surface area contributed by atoms with Gasteiger partial charge >= 0.3 is 0 Å². The van der Waals surface area contributed by atoms with E-state index in [0.29, 0.717) is 37.7 Å². The predicted octanol–water partition coefficient (Wildman–Crippen LogP) is 2.29. The monoisotopic (exact) mass is 348 g/mol. The van der Waals surface area contributed by atoms with Crippen molar-refractivity contribution in [3.05, 3.63) is 66.0 Å². The first-order valence-corrected chi connectivity index (χ1v) is 8.99. The highest BCUT2D eigenvalue weighted by Crippen LogP contribution is 2.16. The molecule has 3 rings (SSSR count). The topological polar surface area (TPSA) is 59.0 Å². The molecular formula is C17H17FN2O3S. The summed E-state index contributed by atoms with van der Waals surface area (Å²) in [6, 6.07) is 13.7. The third kappa shape index (κ3) is 3.80. The molecule has 7 heteroatoms. The second-order valence-electron chi connectivity index (χ2n) is 5.31. The third-order valence-corrected chi connectivity index (χ3v) is 4.94. The number of nitrogens with zero attached hydrogens (tertiary/aromatic N) is 2. The summed E-state index contributed by atoms with van der Waals surface area (Å²) >= 11 is 0. The Balaban J connectivity index is 2.05. The highest BCUT2D eigenvalue weighted by molar-refractivity contribution is 7.90. The highest BCUT2D eigenvalue weighted by Gasteiger charge is 2.21. The summed E-state index contributed by atoms with van der Waals surface area (Å²) in [4.78, 5) is 1.97. The third-order valence-electron chi connectivity index (χ3n) is 3.66. The van der Waals surface area contributed by atoms with Crippen LogP contribution in [-0.2, 0) is 14.8 Å². The number of morpholine rings is 1. The first kappa shape index (κ1) is 16.6. The number of sulfonamides is 1. The maximum Gasteiger partial charge on any atom is 0.284 e. The summed E-state index contributed by atoms with van der Waals surface area (Å²) in [5.74, 6) is -0.0758.